The van der Waals surface area contributed by atoms with E-state index in [9.17, 15) is 27.2 Å². The fraction of sp³-hybridized carbons (Fsp3) is 0.200. The highest BCUT2D eigenvalue weighted by atomic mass is 79.9. The van der Waals surface area contributed by atoms with Crippen LogP contribution in [-0.2, 0) is 9.47 Å². The number of nitrogens with zero attached hydrogens (tertiary/aromatic N) is 3. The van der Waals surface area contributed by atoms with E-state index in [4.69, 9.17) is 23.4 Å². The Morgan fingerprint density at radius 2 is 1.22 bits per heavy atom. The molecular formula is C40H36Br3F4N5O7. The van der Waals surface area contributed by atoms with Gasteiger partial charge in [0, 0.05) is 57.1 Å². The standard InChI is InChI=1S/C13H14FN3O.C11H13BrFNO3.C9H5BrFNO.C7H4BrFO2/c14-11-2-1-10(13-16-5-8-18-13)9-12(11)17-6-3-15-4-7-17;1-16-10(17-2)6-14-11(15)7-3-4-9(13)8(12)5-7;10-7-5-6(1-2-8(7)11)9-12-3-4-13-9;8-5-3-4(7(10)11)1-2-6(5)9/h1-2,5,8-9,15H,3-4,6-7H2;3-5,10H,6H2,1-2H3,(H,14,15);1-5H;1-3H,(H,10,11). The van der Waals surface area contributed by atoms with Crippen LogP contribution in [0.2, 0.25) is 0 Å². The maximum absolute atomic E-state index is 13.9. The number of methoxy groups -OCH3 is 2. The van der Waals surface area contributed by atoms with Crippen LogP contribution in [0, 0.1) is 23.3 Å². The van der Waals surface area contributed by atoms with Gasteiger partial charge in [-0.05, 0) is 121 Å². The van der Waals surface area contributed by atoms with E-state index >= 15 is 0 Å². The number of amides is 1. The Kier molecular flexibility index (Phi) is 18.7. The number of hydrogen-bond acceptors (Lipinski definition) is 10. The van der Waals surface area contributed by atoms with Gasteiger partial charge in [-0.15, -0.1) is 0 Å². The summed E-state index contributed by atoms with van der Waals surface area (Å²) in [6.07, 6.45) is 5.63. The molecule has 1 saturated heterocycles. The first-order valence-electron chi connectivity index (χ1n) is 17.3. The van der Waals surface area contributed by atoms with Crippen LogP contribution in [0.4, 0.5) is 23.2 Å². The van der Waals surface area contributed by atoms with Crippen molar-refractivity contribution in [1.29, 1.82) is 0 Å². The lowest BCUT2D eigenvalue weighted by Crippen LogP contribution is -2.43. The fourth-order valence-electron chi connectivity index (χ4n) is 4.96. The van der Waals surface area contributed by atoms with Crippen LogP contribution in [-0.4, -0.2) is 80.2 Å². The van der Waals surface area contributed by atoms with Crippen molar-refractivity contribution in [3.8, 4) is 22.9 Å². The van der Waals surface area contributed by atoms with Gasteiger partial charge in [0.15, 0.2) is 6.29 Å². The molecule has 0 unspecified atom stereocenters. The van der Waals surface area contributed by atoms with Crippen molar-refractivity contribution in [3.05, 3.63) is 146 Å². The maximum atomic E-state index is 13.9. The Bertz CT molecular complexity index is 2260. The zero-order valence-electron chi connectivity index (χ0n) is 31.2. The minimum Gasteiger partial charge on any atom is -0.478 e. The average molecular weight is 1010 g/mol. The third kappa shape index (κ3) is 14.4. The molecule has 19 heteroatoms. The maximum Gasteiger partial charge on any atom is 0.335 e. The number of rotatable bonds is 9. The van der Waals surface area contributed by atoms with Gasteiger partial charge >= 0.3 is 5.97 Å². The van der Waals surface area contributed by atoms with Crippen LogP contribution in [0.5, 0.6) is 0 Å². The molecule has 3 N–H and O–H groups in total. The predicted octanol–water partition coefficient (Wildman–Crippen LogP) is 9.36. The lowest BCUT2D eigenvalue weighted by molar-refractivity contribution is -0.0974. The molecule has 0 radical (unpaired) electrons. The molecule has 7 rings (SSSR count). The van der Waals surface area contributed by atoms with Crippen molar-refractivity contribution >= 4 is 65.4 Å². The van der Waals surface area contributed by atoms with Crippen LogP contribution in [0.1, 0.15) is 20.7 Å². The van der Waals surface area contributed by atoms with E-state index in [-0.39, 0.29) is 38.6 Å². The minimum absolute atomic E-state index is 0.0678. The second-order valence-electron chi connectivity index (χ2n) is 11.9. The number of benzene rings is 4. The third-order valence-electron chi connectivity index (χ3n) is 7.99. The topological polar surface area (TPSA) is 152 Å². The van der Waals surface area contributed by atoms with E-state index in [2.05, 4.69) is 68.4 Å². The molecule has 1 fully saturated rings. The van der Waals surface area contributed by atoms with Gasteiger partial charge in [-0.25, -0.2) is 32.3 Å². The molecule has 0 saturated carbocycles. The first-order chi connectivity index (χ1) is 28.3. The van der Waals surface area contributed by atoms with Gasteiger partial charge in [0.2, 0.25) is 11.8 Å². The summed E-state index contributed by atoms with van der Waals surface area (Å²) < 4.78 is 73.2. The number of aromatic nitrogens is 2. The van der Waals surface area contributed by atoms with Gasteiger partial charge in [-0.2, -0.15) is 0 Å². The SMILES string of the molecule is COC(CNC(=O)c1ccc(F)c(Br)c1)OC.Fc1ccc(-c2ncco2)cc1Br.Fc1ccc(-c2ncco2)cc1N1CCNCC1.O=C(O)c1ccc(F)c(Br)c1. The summed E-state index contributed by atoms with van der Waals surface area (Å²) in [6, 6.07) is 17.1. The number of hydrogen-bond donors (Lipinski definition) is 3. The second kappa shape index (κ2) is 23.6. The van der Waals surface area contributed by atoms with Crippen molar-refractivity contribution in [1.82, 2.24) is 20.6 Å². The molecule has 0 aliphatic carbocycles. The summed E-state index contributed by atoms with van der Waals surface area (Å²) in [5.74, 6) is -1.74. The number of piperazine rings is 1. The number of ether oxygens (including phenoxy) is 2. The van der Waals surface area contributed by atoms with Crippen molar-refractivity contribution in [2.75, 3.05) is 51.8 Å². The monoisotopic (exact) mass is 1010 g/mol. The molecule has 0 bridgehead atoms. The largest absolute Gasteiger partial charge is 0.478 e. The number of anilines is 1. The zero-order valence-corrected chi connectivity index (χ0v) is 36.0. The number of halogens is 7. The molecule has 3 heterocycles. The highest BCUT2D eigenvalue weighted by Gasteiger charge is 2.17. The van der Waals surface area contributed by atoms with Crippen LogP contribution >= 0.6 is 47.8 Å². The highest BCUT2D eigenvalue weighted by molar-refractivity contribution is 9.11. The van der Waals surface area contributed by atoms with E-state index < -0.39 is 23.9 Å². The van der Waals surface area contributed by atoms with Gasteiger partial charge < -0.3 is 38.9 Å². The zero-order chi connectivity index (χ0) is 42.9. The summed E-state index contributed by atoms with van der Waals surface area (Å²) in [5, 5.41) is 14.3. The molecule has 0 spiro atoms. The van der Waals surface area contributed by atoms with E-state index in [1.807, 2.05) is 4.90 Å². The number of carbonyl (C=O) groups is 2. The molecule has 1 aliphatic rings. The Hall–Kier alpha value is -4.92. The molecule has 6 aromatic rings. The van der Waals surface area contributed by atoms with Crippen molar-refractivity contribution in [2.45, 2.75) is 6.29 Å². The molecule has 12 nitrogen and oxygen atoms in total. The molecule has 0 atom stereocenters. The number of carboxylic acid groups (broad SMARTS) is 1. The quantitative estimate of drug-likeness (QED) is 0.0939. The lowest BCUT2D eigenvalue weighted by Gasteiger charge is -2.29. The molecule has 312 valence electrons. The normalized spacial score (nSPS) is 12.0. The fourth-order valence-corrected chi connectivity index (χ4v) is 6.10. The van der Waals surface area contributed by atoms with Crippen molar-refractivity contribution in [3.63, 3.8) is 0 Å². The molecule has 1 aliphatic heterocycles. The Morgan fingerprint density at radius 3 is 1.69 bits per heavy atom. The molecule has 59 heavy (non-hydrogen) atoms. The van der Waals surface area contributed by atoms with E-state index in [1.165, 1.54) is 69.2 Å². The number of aromatic carboxylic acids is 1. The van der Waals surface area contributed by atoms with E-state index in [0.29, 0.717) is 27.5 Å². The summed E-state index contributed by atoms with van der Waals surface area (Å²) in [7, 11) is 2.96. The van der Waals surface area contributed by atoms with E-state index in [0.717, 1.165) is 43.4 Å². The first-order valence-corrected chi connectivity index (χ1v) is 19.7. The number of carboxylic acids is 1. The molecule has 1 amide bonds. The van der Waals surface area contributed by atoms with Gasteiger partial charge in [0.05, 0.1) is 43.6 Å². The van der Waals surface area contributed by atoms with Gasteiger partial charge in [0.1, 0.15) is 35.8 Å². The summed E-state index contributed by atoms with van der Waals surface area (Å²) in [6.45, 7) is 3.60. The van der Waals surface area contributed by atoms with Crippen LogP contribution in [0.25, 0.3) is 22.9 Å². The van der Waals surface area contributed by atoms with Gasteiger partial charge in [0.25, 0.3) is 5.91 Å². The second-order valence-corrected chi connectivity index (χ2v) is 14.4. The number of carbonyl (C=O) groups excluding carboxylic acids is 1. The molecule has 4 aromatic carbocycles. The van der Waals surface area contributed by atoms with Crippen LogP contribution < -0.4 is 15.5 Å². The Morgan fingerprint density at radius 1 is 0.746 bits per heavy atom. The highest BCUT2D eigenvalue weighted by Crippen LogP contribution is 2.27. The van der Waals surface area contributed by atoms with Crippen molar-refractivity contribution < 1.29 is 50.6 Å². The summed E-state index contributed by atoms with van der Waals surface area (Å²) in [4.78, 5) is 32.1. The van der Waals surface area contributed by atoms with Crippen LogP contribution in [0.15, 0.2) is 120 Å². The summed E-state index contributed by atoms with van der Waals surface area (Å²) in [5.41, 5.74) is 2.60. The van der Waals surface area contributed by atoms with E-state index in [1.54, 1.807) is 36.7 Å². The number of nitrogens with one attached hydrogen (secondary N) is 2. The lowest BCUT2D eigenvalue weighted by atomic mass is 10.1. The third-order valence-corrected chi connectivity index (χ3v) is 9.81. The Labute approximate surface area is 361 Å². The minimum atomic E-state index is -1.06. The predicted molar refractivity (Wildman–Crippen MR) is 222 cm³/mol. The first kappa shape index (κ1) is 46.8. The van der Waals surface area contributed by atoms with Crippen molar-refractivity contribution in [2.24, 2.45) is 0 Å². The molecule has 2 aromatic heterocycles. The number of oxazole rings is 2. The smallest absolute Gasteiger partial charge is 0.335 e. The van der Waals surface area contributed by atoms with Gasteiger partial charge in [-0.3, -0.25) is 4.79 Å². The molecular weight excluding hydrogens is 978 g/mol. The Balaban J connectivity index is 0.000000177. The average Bonchev–Trinajstić information content (AvgIpc) is 3.99. The van der Waals surface area contributed by atoms with Gasteiger partial charge in [-0.1, -0.05) is 0 Å². The van der Waals surface area contributed by atoms with Crippen LogP contribution in [0.3, 0.4) is 0 Å². The summed E-state index contributed by atoms with van der Waals surface area (Å²) >= 11 is 8.98.